The Kier molecular flexibility index (Phi) is 4.34. The lowest BCUT2D eigenvalue weighted by Gasteiger charge is -2.44. The first-order valence-electron chi connectivity index (χ1n) is 7.76. The van der Waals surface area contributed by atoms with Crippen LogP contribution in [0.5, 0.6) is 0 Å². The van der Waals surface area contributed by atoms with E-state index in [1.165, 1.54) is 19.3 Å². The van der Waals surface area contributed by atoms with E-state index in [2.05, 4.69) is 0 Å². The molecule has 1 N–H and O–H groups in total. The van der Waals surface area contributed by atoms with E-state index in [1.807, 2.05) is 24.3 Å². The van der Waals surface area contributed by atoms with Crippen molar-refractivity contribution >= 4 is 11.6 Å². The molecule has 1 spiro atoms. The number of aliphatic hydroxyl groups excluding tert-OH is 1. The Morgan fingerprint density at radius 3 is 2.80 bits per heavy atom. The fourth-order valence-corrected chi connectivity index (χ4v) is 4.04. The van der Waals surface area contributed by atoms with E-state index < -0.39 is 6.10 Å². The molecule has 2 unspecified atom stereocenters. The fourth-order valence-electron chi connectivity index (χ4n) is 3.84. The molecular formula is C17H23ClO2. The van der Waals surface area contributed by atoms with Crippen molar-refractivity contribution in [2.24, 2.45) is 5.92 Å². The van der Waals surface area contributed by atoms with Gasteiger partial charge in [0.15, 0.2) is 0 Å². The largest absolute Gasteiger partial charge is 0.388 e. The van der Waals surface area contributed by atoms with Crippen LogP contribution in [0.4, 0.5) is 0 Å². The molecule has 2 atom stereocenters. The molecule has 0 aromatic heterocycles. The number of halogens is 1. The van der Waals surface area contributed by atoms with Gasteiger partial charge >= 0.3 is 0 Å². The third kappa shape index (κ3) is 3.03. The van der Waals surface area contributed by atoms with Crippen molar-refractivity contribution < 1.29 is 9.84 Å². The van der Waals surface area contributed by atoms with Crippen molar-refractivity contribution in [3.63, 3.8) is 0 Å². The Morgan fingerprint density at radius 1 is 1.25 bits per heavy atom. The molecule has 0 amide bonds. The first kappa shape index (κ1) is 14.4. The lowest BCUT2D eigenvalue weighted by atomic mass is 9.74. The van der Waals surface area contributed by atoms with Gasteiger partial charge in [-0.15, -0.1) is 0 Å². The van der Waals surface area contributed by atoms with Gasteiger partial charge in [-0.2, -0.15) is 0 Å². The molecule has 2 fully saturated rings. The number of hydrogen-bond acceptors (Lipinski definition) is 2. The van der Waals surface area contributed by atoms with Gasteiger partial charge in [0, 0.05) is 11.6 Å². The van der Waals surface area contributed by atoms with E-state index >= 15 is 0 Å². The molecule has 2 nitrogen and oxygen atoms in total. The van der Waals surface area contributed by atoms with Crippen LogP contribution < -0.4 is 0 Å². The van der Waals surface area contributed by atoms with Gasteiger partial charge in [0.25, 0.3) is 0 Å². The Balaban J connectivity index is 1.73. The summed E-state index contributed by atoms with van der Waals surface area (Å²) in [6.07, 6.45) is 7.68. The molecule has 1 aliphatic heterocycles. The second kappa shape index (κ2) is 6.05. The van der Waals surface area contributed by atoms with Gasteiger partial charge < -0.3 is 9.84 Å². The number of benzene rings is 1. The molecule has 20 heavy (non-hydrogen) atoms. The van der Waals surface area contributed by atoms with Crippen LogP contribution in [-0.2, 0) is 4.74 Å². The van der Waals surface area contributed by atoms with Gasteiger partial charge in [-0.3, -0.25) is 0 Å². The van der Waals surface area contributed by atoms with Crippen LogP contribution in [0.25, 0.3) is 0 Å². The maximum Gasteiger partial charge on any atom is 0.0820 e. The molecule has 3 rings (SSSR count). The first-order chi connectivity index (χ1) is 9.69. The third-order valence-corrected chi connectivity index (χ3v) is 5.17. The minimum atomic E-state index is -0.420. The molecule has 0 radical (unpaired) electrons. The van der Waals surface area contributed by atoms with Crippen molar-refractivity contribution in [3.8, 4) is 0 Å². The molecule has 2 aliphatic rings. The molecule has 3 heteroatoms. The van der Waals surface area contributed by atoms with Crippen molar-refractivity contribution in [1.29, 1.82) is 0 Å². The van der Waals surface area contributed by atoms with Gasteiger partial charge in [0.1, 0.15) is 0 Å². The van der Waals surface area contributed by atoms with E-state index in [-0.39, 0.29) is 5.60 Å². The lowest BCUT2D eigenvalue weighted by Crippen LogP contribution is -2.42. The summed E-state index contributed by atoms with van der Waals surface area (Å²) in [4.78, 5) is 0. The van der Waals surface area contributed by atoms with Crippen LogP contribution >= 0.6 is 11.6 Å². The lowest BCUT2D eigenvalue weighted by molar-refractivity contribution is -0.134. The van der Waals surface area contributed by atoms with Gasteiger partial charge in [-0.25, -0.2) is 0 Å². The van der Waals surface area contributed by atoms with Crippen LogP contribution in [-0.4, -0.2) is 17.3 Å². The predicted octanol–water partition coefficient (Wildman–Crippen LogP) is 4.50. The smallest absolute Gasteiger partial charge is 0.0820 e. The van der Waals surface area contributed by atoms with E-state index in [9.17, 15) is 5.11 Å². The zero-order chi connectivity index (χ0) is 14.0. The van der Waals surface area contributed by atoms with Crippen LogP contribution in [0.2, 0.25) is 5.02 Å². The zero-order valence-corrected chi connectivity index (χ0v) is 12.6. The van der Waals surface area contributed by atoms with Crippen LogP contribution in [0, 0.1) is 5.92 Å². The van der Waals surface area contributed by atoms with Gasteiger partial charge in [0.05, 0.1) is 11.7 Å². The molecule has 1 saturated heterocycles. The van der Waals surface area contributed by atoms with Gasteiger partial charge in [-0.05, 0) is 49.3 Å². The molecular weight excluding hydrogens is 272 g/mol. The van der Waals surface area contributed by atoms with E-state index in [4.69, 9.17) is 16.3 Å². The second-order valence-corrected chi connectivity index (χ2v) is 6.78. The molecule has 1 aromatic carbocycles. The first-order valence-corrected chi connectivity index (χ1v) is 8.14. The zero-order valence-electron chi connectivity index (χ0n) is 11.9. The molecule has 1 aromatic rings. The summed E-state index contributed by atoms with van der Waals surface area (Å²) in [6.45, 7) is 0.780. The van der Waals surface area contributed by atoms with E-state index in [1.54, 1.807) is 0 Å². The Hall–Kier alpha value is -0.570. The minimum absolute atomic E-state index is 0.0424. The Morgan fingerprint density at radius 2 is 2.05 bits per heavy atom. The van der Waals surface area contributed by atoms with Crippen molar-refractivity contribution in [2.45, 2.75) is 56.7 Å². The minimum Gasteiger partial charge on any atom is -0.388 e. The average molecular weight is 295 g/mol. The summed E-state index contributed by atoms with van der Waals surface area (Å²) < 4.78 is 6.11. The monoisotopic (exact) mass is 294 g/mol. The van der Waals surface area contributed by atoms with Gasteiger partial charge in [0.2, 0.25) is 0 Å². The fraction of sp³-hybridized carbons (Fsp3) is 0.647. The quantitative estimate of drug-likeness (QED) is 0.870. The highest BCUT2D eigenvalue weighted by Crippen LogP contribution is 2.44. The molecule has 110 valence electrons. The highest BCUT2D eigenvalue weighted by molar-refractivity contribution is 6.30. The summed E-state index contributed by atoms with van der Waals surface area (Å²) in [5, 5.41) is 11.4. The number of aliphatic hydroxyl groups is 1. The highest BCUT2D eigenvalue weighted by Gasteiger charge is 2.40. The average Bonchev–Trinajstić information content (AvgIpc) is 2.47. The molecule has 1 aliphatic carbocycles. The summed E-state index contributed by atoms with van der Waals surface area (Å²) >= 11 is 6.03. The third-order valence-electron chi connectivity index (χ3n) is 4.93. The molecule has 1 saturated carbocycles. The molecule has 1 heterocycles. The van der Waals surface area contributed by atoms with Crippen LogP contribution in [0.1, 0.15) is 56.6 Å². The standard InChI is InChI=1S/C17H23ClO2/c18-15-6-4-5-13(11-15)16(19)14-7-10-20-17(12-14)8-2-1-3-9-17/h4-6,11,14,16,19H,1-3,7-10,12H2. The van der Waals surface area contributed by atoms with E-state index in [0.717, 1.165) is 37.9 Å². The summed E-state index contributed by atoms with van der Waals surface area (Å²) in [5.41, 5.74) is 0.983. The predicted molar refractivity (Wildman–Crippen MR) is 80.9 cm³/mol. The number of rotatable bonds is 2. The summed E-state index contributed by atoms with van der Waals surface area (Å²) in [5.74, 6) is 0.292. The van der Waals surface area contributed by atoms with Crippen molar-refractivity contribution in [1.82, 2.24) is 0 Å². The van der Waals surface area contributed by atoms with E-state index in [0.29, 0.717) is 10.9 Å². The van der Waals surface area contributed by atoms with Crippen molar-refractivity contribution in [2.75, 3.05) is 6.61 Å². The number of hydrogen-bond donors (Lipinski definition) is 1. The maximum absolute atomic E-state index is 10.7. The second-order valence-electron chi connectivity index (χ2n) is 6.34. The maximum atomic E-state index is 10.7. The summed E-state index contributed by atoms with van der Waals surface area (Å²) in [7, 11) is 0. The van der Waals surface area contributed by atoms with Crippen molar-refractivity contribution in [3.05, 3.63) is 34.9 Å². The van der Waals surface area contributed by atoms with Crippen LogP contribution in [0.15, 0.2) is 24.3 Å². The highest BCUT2D eigenvalue weighted by atomic mass is 35.5. The SMILES string of the molecule is OC(c1cccc(Cl)c1)C1CCOC2(CCCCC2)C1. The summed E-state index contributed by atoms with van der Waals surface area (Å²) in [6, 6.07) is 7.62. The normalized spacial score (nSPS) is 27.4. The Labute approximate surface area is 126 Å². The van der Waals surface area contributed by atoms with Crippen LogP contribution in [0.3, 0.4) is 0 Å². The number of ether oxygens (including phenoxy) is 1. The van der Waals surface area contributed by atoms with Gasteiger partial charge in [-0.1, -0.05) is 43.0 Å². The Bertz CT molecular complexity index is 449. The molecule has 0 bridgehead atoms. The topological polar surface area (TPSA) is 29.5 Å².